The van der Waals surface area contributed by atoms with Gasteiger partial charge in [-0.3, -0.25) is 14.5 Å². The van der Waals surface area contributed by atoms with Gasteiger partial charge in [0, 0.05) is 33.1 Å². The molecule has 2 aliphatic carbocycles. The number of methoxy groups -OCH3 is 1. The number of hydrogen-bond donors (Lipinski definition) is 1. The largest absolute Gasteiger partial charge is 0.392 e. The first kappa shape index (κ1) is 25.7. The lowest BCUT2D eigenvalue weighted by Crippen LogP contribution is -2.26. The minimum atomic E-state index is -3.36. The van der Waals surface area contributed by atoms with E-state index in [0.717, 1.165) is 12.8 Å². The summed E-state index contributed by atoms with van der Waals surface area (Å²) in [5.41, 5.74) is 0.363. The predicted octanol–water partition coefficient (Wildman–Crippen LogP) is 2.32. The number of sulfone groups is 1. The van der Waals surface area contributed by atoms with E-state index in [0.29, 0.717) is 30.6 Å². The Labute approximate surface area is 209 Å². The second kappa shape index (κ2) is 10.7. The number of carbonyl (C=O) groups excluding carboxylic acids is 2. The average molecular weight is 516 g/mol. The number of amides is 2. The summed E-state index contributed by atoms with van der Waals surface area (Å²) in [4.78, 5) is 40.2. The van der Waals surface area contributed by atoms with Crippen LogP contribution in [0.3, 0.4) is 0 Å². The van der Waals surface area contributed by atoms with Gasteiger partial charge in [-0.05, 0) is 37.8 Å². The second-order valence-corrected chi connectivity index (χ2v) is 11.1. The van der Waals surface area contributed by atoms with Crippen molar-refractivity contribution in [3.63, 3.8) is 0 Å². The zero-order chi connectivity index (χ0) is 25.9. The van der Waals surface area contributed by atoms with Crippen molar-refractivity contribution in [2.24, 2.45) is 5.16 Å². The molecule has 4 rings (SSSR count). The van der Waals surface area contributed by atoms with Crippen LogP contribution in [0.25, 0.3) is 0 Å². The number of rotatable bonds is 9. The highest BCUT2D eigenvalue weighted by Crippen LogP contribution is 2.33. The molecular formula is C24H29N5O6S. The van der Waals surface area contributed by atoms with Gasteiger partial charge in [-0.2, -0.15) is 0 Å². The quantitative estimate of drug-likeness (QED) is 0.396. The summed E-state index contributed by atoms with van der Waals surface area (Å²) in [6, 6.07) is 6.05. The molecule has 1 heterocycles. The van der Waals surface area contributed by atoms with Crippen LogP contribution in [0.15, 0.2) is 46.7 Å². The molecular weight excluding hydrogens is 486 g/mol. The van der Waals surface area contributed by atoms with Gasteiger partial charge < -0.3 is 14.9 Å². The normalized spacial score (nSPS) is 20.1. The Kier molecular flexibility index (Phi) is 7.65. The fraction of sp³-hybridized carbons (Fsp3) is 0.458. The molecule has 1 N–H and O–H groups in total. The molecule has 0 saturated heterocycles. The van der Waals surface area contributed by atoms with Crippen LogP contribution in [0.4, 0.5) is 11.6 Å². The van der Waals surface area contributed by atoms with E-state index in [4.69, 9.17) is 9.57 Å². The number of ether oxygens (including phenoxy) is 1. The molecule has 2 saturated carbocycles. The molecule has 2 amide bonds. The Bertz CT molecular complexity index is 1240. The van der Waals surface area contributed by atoms with Gasteiger partial charge in [-0.25, -0.2) is 18.4 Å². The van der Waals surface area contributed by atoms with Gasteiger partial charge in [-0.15, -0.1) is 0 Å². The molecule has 1 aromatic heterocycles. The van der Waals surface area contributed by atoms with Crippen molar-refractivity contribution in [2.75, 3.05) is 24.4 Å². The minimum Gasteiger partial charge on any atom is -0.392 e. The number of oxime groups is 1. The maximum atomic E-state index is 13.2. The Morgan fingerprint density at radius 3 is 2.31 bits per heavy atom. The monoisotopic (exact) mass is 515 g/mol. The standard InChI is InChI=1S/C24H29N5O6S/c1-15(30)29(2)22-14-25-21(13-26-22)27-24(31)23(28-35-18-7-6-17(12-18)34-3)16-4-8-19(9-5-16)36(32,33)20-10-11-20/h4-5,8-9,13-14,17-18,20H,6-7,10-12H2,1-3H3,(H,25,27,31)/t17-,18-/m1/s1. The Balaban J connectivity index is 1.55. The van der Waals surface area contributed by atoms with Crippen LogP contribution in [-0.4, -0.2) is 67.5 Å². The molecule has 192 valence electrons. The fourth-order valence-electron chi connectivity index (χ4n) is 3.83. The average Bonchev–Trinajstić information content (AvgIpc) is 3.64. The van der Waals surface area contributed by atoms with Gasteiger partial charge in [0.15, 0.2) is 27.2 Å². The maximum absolute atomic E-state index is 13.2. The highest BCUT2D eigenvalue weighted by molar-refractivity contribution is 7.92. The lowest BCUT2D eigenvalue weighted by molar-refractivity contribution is -0.116. The summed E-state index contributed by atoms with van der Waals surface area (Å²) < 4.78 is 30.4. The molecule has 11 nitrogen and oxygen atoms in total. The molecule has 2 aliphatic rings. The molecule has 2 aromatic rings. The first-order valence-electron chi connectivity index (χ1n) is 11.7. The molecule has 12 heteroatoms. The maximum Gasteiger partial charge on any atom is 0.279 e. The molecule has 2 atom stereocenters. The highest BCUT2D eigenvalue weighted by Gasteiger charge is 2.37. The summed E-state index contributed by atoms with van der Waals surface area (Å²) in [5.74, 6) is -0.320. The number of anilines is 2. The van der Waals surface area contributed by atoms with Crippen LogP contribution >= 0.6 is 0 Å². The number of benzene rings is 1. The van der Waals surface area contributed by atoms with Crippen molar-refractivity contribution < 1.29 is 27.6 Å². The van der Waals surface area contributed by atoms with E-state index in [-0.39, 0.29) is 39.8 Å². The van der Waals surface area contributed by atoms with Crippen molar-refractivity contribution in [3.8, 4) is 0 Å². The van der Waals surface area contributed by atoms with E-state index >= 15 is 0 Å². The summed E-state index contributed by atoms with van der Waals surface area (Å²) in [6.45, 7) is 1.40. The second-order valence-electron chi connectivity index (χ2n) is 8.90. The zero-order valence-corrected chi connectivity index (χ0v) is 21.2. The smallest absolute Gasteiger partial charge is 0.279 e. The highest BCUT2D eigenvalue weighted by atomic mass is 32.2. The number of aromatic nitrogens is 2. The Morgan fingerprint density at radius 2 is 1.75 bits per heavy atom. The third-order valence-corrected chi connectivity index (χ3v) is 8.57. The summed E-state index contributed by atoms with van der Waals surface area (Å²) in [6.07, 6.45) is 6.14. The Hall–Kier alpha value is -3.38. The van der Waals surface area contributed by atoms with Crippen molar-refractivity contribution >= 4 is 39.0 Å². The minimum absolute atomic E-state index is 0.0297. The third-order valence-electron chi connectivity index (χ3n) is 6.29. The van der Waals surface area contributed by atoms with E-state index in [1.54, 1.807) is 26.3 Å². The molecule has 0 unspecified atom stereocenters. The topological polar surface area (TPSA) is 140 Å². The van der Waals surface area contributed by atoms with E-state index in [1.807, 2.05) is 0 Å². The van der Waals surface area contributed by atoms with E-state index in [2.05, 4.69) is 20.4 Å². The van der Waals surface area contributed by atoms with Gasteiger partial charge in [0.25, 0.3) is 5.91 Å². The van der Waals surface area contributed by atoms with Crippen LogP contribution in [0.1, 0.15) is 44.6 Å². The first-order chi connectivity index (χ1) is 17.2. The summed E-state index contributed by atoms with van der Waals surface area (Å²) >= 11 is 0. The van der Waals surface area contributed by atoms with E-state index < -0.39 is 15.7 Å². The molecule has 0 radical (unpaired) electrons. The van der Waals surface area contributed by atoms with Gasteiger partial charge in [0.1, 0.15) is 6.10 Å². The number of nitrogens with one attached hydrogen (secondary N) is 1. The molecule has 0 spiro atoms. The van der Waals surface area contributed by atoms with Crippen molar-refractivity contribution in [1.29, 1.82) is 0 Å². The van der Waals surface area contributed by atoms with Crippen molar-refractivity contribution in [2.45, 2.75) is 61.4 Å². The molecule has 36 heavy (non-hydrogen) atoms. The first-order valence-corrected chi connectivity index (χ1v) is 13.2. The summed E-state index contributed by atoms with van der Waals surface area (Å²) in [5, 5.41) is 6.45. The van der Waals surface area contributed by atoms with Crippen molar-refractivity contribution in [3.05, 3.63) is 42.2 Å². The molecule has 2 fully saturated rings. The molecule has 0 bridgehead atoms. The predicted molar refractivity (Wildman–Crippen MR) is 132 cm³/mol. The SMILES string of the molecule is CO[C@@H]1CC[C@@H](ON=C(C(=O)Nc2cnc(N(C)C(C)=O)cn2)c2ccc(S(=O)(=O)C3CC3)cc2)C1. The number of hydrogen-bond acceptors (Lipinski definition) is 9. The van der Waals surface area contributed by atoms with E-state index in [1.165, 1.54) is 36.4 Å². The van der Waals surface area contributed by atoms with Gasteiger partial charge in [0.2, 0.25) is 5.91 Å². The number of carbonyl (C=O) groups is 2. The number of nitrogens with zero attached hydrogens (tertiary/aromatic N) is 4. The zero-order valence-electron chi connectivity index (χ0n) is 20.4. The van der Waals surface area contributed by atoms with Crippen LogP contribution in [0, 0.1) is 0 Å². The molecule has 1 aromatic carbocycles. The summed E-state index contributed by atoms with van der Waals surface area (Å²) in [7, 11) is -0.148. The Morgan fingerprint density at radius 1 is 1.06 bits per heavy atom. The van der Waals surface area contributed by atoms with Gasteiger partial charge in [-0.1, -0.05) is 17.3 Å². The van der Waals surface area contributed by atoms with Crippen LogP contribution < -0.4 is 10.2 Å². The lowest BCUT2D eigenvalue weighted by atomic mass is 10.1. The fourth-order valence-corrected chi connectivity index (χ4v) is 5.49. The molecule has 0 aliphatic heterocycles. The van der Waals surface area contributed by atoms with E-state index in [9.17, 15) is 18.0 Å². The third kappa shape index (κ3) is 5.88. The van der Waals surface area contributed by atoms with Crippen LogP contribution in [-0.2, 0) is 29.0 Å². The van der Waals surface area contributed by atoms with Gasteiger partial charge >= 0.3 is 0 Å². The van der Waals surface area contributed by atoms with Crippen LogP contribution in [0.2, 0.25) is 0 Å². The lowest BCUT2D eigenvalue weighted by Gasteiger charge is -2.14. The van der Waals surface area contributed by atoms with Crippen molar-refractivity contribution in [1.82, 2.24) is 9.97 Å². The van der Waals surface area contributed by atoms with Gasteiger partial charge in [0.05, 0.1) is 28.6 Å². The van der Waals surface area contributed by atoms with Crippen LogP contribution in [0.5, 0.6) is 0 Å².